The smallest absolute Gasteiger partial charge is 0.250 e. The van der Waals surface area contributed by atoms with E-state index in [-0.39, 0.29) is 20.8 Å². The van der Waals surface area contributed by atoms with Gasteiger partial charge in [-0.15, -0.1) is 0 Å². The van der Waals surface area contributed by atoms with Gasteiger partial charge in [0.1, 0.15) is 0 Å². The van der Waals surface area contributed by atoms with Crippen LogP contribution in [-0.4, -0.2) is 52.5 Å². The molecule has 0 bridgehead atoms. The minimum Gasteiger partial charge on any atom is -0.505 e. The lowest BCUT2D eigenvalue weighted by atomic mass is 10.1. The van der Waals surface area contributed by atoms with Crippen molar-refractivity contribution in [1.29, 1.82) is 0 Å². The number of rotatable bonds is 5. The van der Waals surface area contributed by atoms with Crippen molar-refractivity contribution in [3.8, 4) is 5.75 Å². The number of phenols is 1. The highest BCUT2D eigenvalue weighted by Crippen LogP contribution is 2.38. The number of aromatic hydroxyl groups is 1. The van der Waals surface area contributed by atoms with Crippen LogP contribution in [-0.2, 0) is 0 Å². The molecule has 0 spiro atoms. The van der Waals surface area contributed by atoms with Crippen molar-refractivity contribution in [3.63, 3.8) is 0 Å². The maximum absolute atomic E-state index is 9.94. The van der Waals surface area contributed by atoms with E-state index in [4.69, 9.17) is 39.8 Å². The number of aromatic nitrogens is 3. The molecule has 0 aliphatic carbocycles. The molecule has 0 unspecified atom stereocenters. The second-order valence-corrected chi connectivity index (χ2v) is 8.83. The van der Waals surface area contributed by atoms with E-state index < -0.39 is 0 Å². The average Bonchev–Trinajstić information content (AvgIpc) is 2.81. The quantitative estimate of drug-likeness (QED) is 0.458. The number of anilines is 3. The molecule has 0 amide bonds. The maximum Gasteiger partial charge on any atom is 0.250 e. The Hall–Kier alpha value is -2.03. The molecule has 166 valence electrons. The molecule has 0 radical (unpaired) electrons. The molecule has 2 N–H and O–H groups in total. The minimum atomic E-state index is -0.242. The highest BCUT2D eigenvalue weighted by atomic mass is 35.5. The molecule has 2 aromatic rings. The van der Waals surface area contributed by atoms with Crippen LogP contribution in [0.3, 0.4) is 0 Å². The standard InChI is InChI=1S/C20H24Cl3N7O/c21-14-11-15(22)17(31)16(23)13(14)12-24-28-18-25-19(29-7-3-1-4-8-29)27-20(26-18)30-9-5-2-6-10-30/h11-12,31H,1-10H2,(H,25,26,27,28). The first-order valence-electron chi connectivity index (χ1n) is 10.4. The van der Waals surface area contributed by atoms with Crippen LogP contribution in [0.5, 0.6) is 5.75 Å². The molecule has 11 heteroatoms. The summed E-state index contributed by atoms with van der Waals surface area (Å²) in [5.74, 6) is 1.42. The SMILES string of the molecule is Oc1c(Cl)cc(Cl)c(C=NNc2nc(N3CCCCC3)nc(N3CCCCC3)n2)c1Cl. The zero-order chi connectivity index (χ0) is 21.8. The molecule has 1 aromatic heterocycles. The Morgan fingerprint density at radius 3 is 1.94 bits per heavy atom. The molecule has 2 saturated heterocycles. The van der Waals surface area contributed by atoms with Crippen LogP contribution in [0.4, 0.5) is 17.8 Å². The highest BCUT2D eigenvalue weighted by molar-refractivity contribution is 6.43. The van der Waals surface area contributed by atoms with E-state index in [0.717, 1.165) is 51.9 Å². The molecule has 1 aromatic carbocycles. The molecular weight excluding hydrogens is 461 g/mol. The third kappa shape index (κ3) is 5.25. The number of nitrogens with zero attached hydrogens (tertiary/aromatic N) is 6. The van der Waals surface area contributed by atoms with Crippen LogP contribution >= 0.6 is 34.8 Å². The van der Waals surface area contributed by atoms with Gasteiger partial charge in [0.2, 0.25) is 17.8 Å². The van der Waals surface area contributed by atoms with Crippen molar-refractivity contribution in [1.82, 2.24) is 15.0 Å². The Morgan fingerprint density at radius 1 is 0.839 bits per heavy atom. The van der Waals surface area contributed by atoms with E-state index in [1.165, 1.54) is 25.1 Å². The number of hydrogen-bond acceptors (Lipinski definition) is 8. The van der Waals surface area contributed by atoms with Crippen LogP contribution in [0.25, 0.3) is 0 Å². The van der Waals surface area contributed by atoms with E-state index in [9.17, 15) is 5.11 Å². The number of piperidine rings is 2. The molecule has 2 fully saturated rings. The van der Waals surface area contributed by atoms with Gasteiger partial charge in [-0.05, 0) is 44.6 Å². The van der Waals surface area contributed by atoms with Gasteiger partial charge in [0.25, 0.3) is 0 Å². The fraction of sp³-hybridized carbons (Fsp3) is 0.500. The van der Waals surface area contributed by atoms with E-state index in [1.54, 1.807) is 0 Å². The number of benzene rings is 1. The molecule has 4 rings (SSSR count). The number of phenolic OH excluding ortho intramolecular Hbond substituents is 1. The zero-order valence-electron chi connectivity index (χ0n) is 17.0. The summed E-state index contributed by atoms with van der Waals surface area (Å²) in [6, 6.07) is 1.41. The van der Waals surface area contributed by atoms with Crippen molar-refractivity contribution < 1.29 is 5.11 Å². The first kappa shape index (κ1) is 22.2. The summed E-state index contributed by atoms with van der Waals surface area (Å²) >= 11 is 18.2. The van der Waals surface area contributed by atoms with E-state index in [2.05, 4.69) is 30.3 Å². The van der Waals surface area contributed by atoms with Gasteiger partial charge in [0.05, 0.1) is 21.3 Å². The van der Waals surface area contributed by atoms with Crippen molar-refractivity contribution in [2.45, 2.75) is 38.5 Å². The van der Waals surface area contributed by atoms with Crippen molar-refractivity contribution in [2.75, 3.05) is 41.4 Å². The normalized spacial score (nSPS) is 17.4. The maximum atomic E-state index is 9.94. The number of hydrogen-bond donors (Lipinski definition) is 2. The third-order valence-corrected chi connectivity index (χ3v) is 6.41. The van der Waals surface area contributed by atoms with Crippen LogP contribution in [0, 0.1) is 0 Å². The molecule has 0 saturated carbocycles. The molecule has 3 heterocycles. The van der Waals surface area contributed by atoms with E-state index >= 15 is 0 Å². The molecule has 2 aliphatic rings. The number of nitrogens with one attached hydrogen (secondary N) is 1. The Balaban J connectivity index is 1.59. The highest BCUT2D eigenvalue weighted by Gasteiger charge is 2.20. The molecule has 2 aliphatic heterocycles. The van der Waals surface area contributed by atoms with Crippen molar-refractivity contribution in [2.24, 2.45) is 5.10 Å². The van der Waals surface area contributed by atoms with Crippen LogP contribution in [0.2, 0.25) is 15.1 Å². The fourth-order valence-electron chi connectivity index (χ4n) is 3.74. The lowest BCUT2D eigenvalue weighted by Gasteiger charge is -2.30. The topological polar surface area (TPSA) is 89.8 Å². The van der Waals surface area contributed by atoms with Crippen molar-refractivity contribution >= 4 is 58.9 Å². The summed E-state index contributed by atoms with van der Waals surface area (Å²) in [5.41, 5.74) is 3.21. The number of halogens is 3. The zero-order valence-corrected chi connectivity index (χ0v) is 19.3. The number of hydrazone groups is 1. The lowest BCUT2D eigenvalue weighted by Crippen LogP contribution is -2.34. The first-order valence-corrected chi connectivity index (χ1v) is 11.6. The van der Waals surface area contributed by atoms with Gasteiger partial charge in [-0.25, -0.2) is 5.43 Å². The summed E-state index contributed by atoms with van der Waals surface area (Å²) in [4.78, 5) is 18.3. The molecule has 31 heavy (non-hydrogen) atoms. The average molecular weight is 485 g/mol. The third-order valence-electron chi connectivity index (χ3n) is 5.43. The molecular formula is C20H24Cl3N7O. The van der Waals surface area contributed by atoms with Gasteiger partial charge in [-0.1, -0.05) is 34.8 Å². The van der Waals surface area contributed by atoms with Gasteiger partial charge in [-0.3, -0.25) is 0 Å². The summed E-state index contributed by atoms with van der Waals surface area (Å²) < 4.78 is 0. The van der Waals surface area contributed by atoms with E-state index in [0.29, 0.717) is 23.4 Å². The summed E-state index contributed by atoms with van der Waals surface area (Å²) in [6.07, 6.45) is 8.37. The van der Waals surface area contributed by atoms with Crippen molar-refractivity contribution in [3.05, 3.63) is 26.7 Å². The molecule has 0 atom stereocenters. The van der Waals surface area contributed by atoms with Crippen LogP contribution in [0.15, 0.2) is 11.2 Å². The van der Waals surface area contributed by atoms with Gasteiger partial charge >= 0.3 is 0 Å². The Labute approximate surface area is 196 Å². The summed E-state index contributed by atoms with van der Waals surface area (Å²) in [5, 5.41) is 14.5. The Morgan fingerprint density at radius 2 is 1.39 bits per heavy atom. The molecule has 8 nitrogen and oxygen atoms in total. The van der Waals surface area contributed by atoms with Crippen LogP contribution < -0.4 is 15.2 Å². The monoisotopic (exact) mass is 483 g/mol. The van der Waals surface area contributed by atoms with Gasteiger partial charge in [0.15, 0.2) is 5.75 Å². The van der Waals surface area contributed by atoms with Gasteiger partial charge < -0.3 is 14.9 Å². The van der Waals surface area contributed by atoms with Gasteiger partial charge in [-0.2, -0.15) is 20.1 Å². The second kappa shape index (κ2) is 10.1. The summed E-state index contributed by atoms with van der Waals surface area (Å²) in [7, 11) is 0. The fourth-order valence-corrected chi connectivity index (χ4v) is 4.60. The second-order valence-electron chi connectivity index (χ2n) is 7.64. The largest absolute Gasteiger partial charge is 0.505 e. The first-order chi connectivity index (χ1) is 15.0. The Bertz CT molecular complexity index is 924. The predicted molar refractivity (Wildman–Crippen MR) is 126 cm³/mol. The lowest BCUT2D eigenvalue weighted by molar-refractivity contribution is 0.476. The minimum absolute atomic E-state index is 0.0294. The summed E-state index contributed by atoms with van der Waals surface area (Å²) in [6.45, 7) is 3.73. The van der Waals surface area contributed by atoms with Gasteiger partial charge in [0, 0.05) is 31.7 Å². The van der Waals surface area contributed by atoms with Crippen LogP contribution in [0.1, 0.15) is 44.1 Å². The predicted octanol–water partition coefficient (Wildman–Crippen LogP) is 4.96. The Kier molecular flexibility index (Phi) is 7.20. The van der Waals surface area contributed by atoms with E-state index in [1.807, 2.05) is 0 Å².